The molecule has 0 saturated heterocycles. The third-order valence-electron chi connectivity index (χ3n) is 4.84. The normalized spacial score (nSPS) is 12.0. The van der Waals surface area contributed by atoms with Crippen molar-refractivity contribution in [2.45, 2.75) is 19.4 Å². The first-order chi connectivity index (χ1) is 14.1. The number of aromatic nitrogens is 4. The van der Waals surface area contributed by atoms with Crippen molar-refractivity contribution in [2.75, 3.05) is 6.54 Å². The van der Waals surface area contributed by atoms with Crippen LogP contribution in [-0.2, 0) is 11.3 Å². The molecule has 1 N–H and O–H groups in total. The van der Waals surface area contributed by atoms with Crippen LogP contribution in [0, 0.1) is 0 Å². The molecule has 146 valence electrons. The number of hydrogen-bond donors (Lipinski definition) is 1. The monoisotopic (exact) mass is 387 g/mol. The van der Waals surface area contributed by atoms with Crippen LogP contribution in [0.1, 0.15) is 18.4 Å². The van der Waals surface area contributed by atoms with E-state index in [1.54, 1.807) is 4.68 Å². The number of rotatable bonds is 6. The van der Waals surface area contributed by atoms with Crippen LogP contribution in [0.2, 0.25) is 0 Å². The Kier molecular flexibility index (Phi) is 5.20. The third kappa shape index (κ3) is 3.94. The van der Waals surface area contributed by atoms with Gasteiger partial charge in [0.15, 0.2) is 5.65 Å². The van der Waals surface area contributed by atoms with Crippen LogP contribution in [-0.4, -0.2) is 31.8 Å². The predicted molar refractivity (Wildman–Crippen MR) is 111 cm³/mol. The number of carbonyl (C=O) groups is 1. The van der Waals surface area contributed by atoms with E-state index in [0.29, 0.717) is 17.6 Å². The summed E-state index contributed by atoms with van der Waals surface area (Å²) in [5.74, 6) is -0.0481. The molecule has 0 spiro atoms. The van der Waals surface area contributed by atoms with Gasteiger partial charge in [-0.3, -0.25) is 14.2 Å². The molecule has 0 saturated carbocycles. The SMILES string of the molecule is C[C@H](CNC(=O)Cn1cnc2c(cnn2-c2ccccc2)c1=O)c1ccccc1. The molecule has 0 aliphatic carbocycles. The molecule has 0 unspecified atom stereocenters. The van der Waals surface area contributed by atoms with Crippen molar-refractivity contribution < 1.29 is 4.79 Å². The molecule has 0 aliphatic rings. The second-order valence-electron chi connectivity index (χ2n) is 6.92. The Morgan fingerprint density at radius 1 is 1.07 bits per heavy atom. The molecule has 2 heterocycles. The van der Waals surface area contributed by atoms with E-state index in [1.807, 2.05) is 67.6 Å². The minimum Gasteiger partial charge on any atom is -0.354 e. The molecule has 0 radical (unpaired) electrons. The van der Waals surface area contributed by atoms with E-state index < -0.39 is 0 Å². The maximum absolute atomic E-state index is 12.8. The lowest BCUT2D eigenvalue weighted by atomic mass is 10.0. The van der Waals surface area contributed by atoms with Gasteiger partial charge < -0.3 is 5.32 Å². The van der Waals surface area contributed by atoms with E-state index in [9.17, 15) is 9.59 Å². The zero-order valence-corrected chi connectivity index (χ0v) is 16.0. The van der Waals surface area contributed by atoms with Crippen molar-refractivity contribution in [3.8, 4) is 5.69 Å². The second-order valence-corrected chi connectivity index (χ2v) is 6.92. The van der Waals surface area contributed by atoms with Crippen LogP contribution in [0.25, 0.3) is 16.7 Å². The van der Waals surface area contributed by atoms with Gasteiger partial charge in [-0.25, -0.2) is 9.67 Å². The number of nitrogens with one attached hydrogen (secondary N) is 1. The Morgan fingerprint density at radius 3 is 2.48 bits per heavy atom. The molecule has 4 rings (SSSR count). The lowest BCUT2D eigenvalue weighted by Crippen LogP contribution is -2.34. The average molecular weight is 387 g/mol. The fourth-order valence-electron chi connectivity index (χ4n) is 3.20. The Bertz CT molecular complexity index is 1180. The molecule has 2 aromatic carbocycles. The molecular weight excluding hydrogens is 366 g/mol. The van der Waals surface area contributed by atoms with Crippen molar-refractivity contribution in [1.29, 1.82) is 0 Å². The predicted octanol–water partition coefficient (Wildman–Crippen LogP) is 2.50. The first kappa shape index (κ1) is 18.6. The maximum atomic E-state index is 12.8. The number of amides is 1. The highest BCUT2D eigenvalue weighted by Gasteiger charge is 2.14. The number of carbonyl (C=O) groups excluding carboxylic acids is 1. The van der Waals surface area contributed by atoms with Gasteiger partial charge in [0.05, 0.1) is 11.9 Å². The number of fused-ring (bicyclic) bond motifs is 1. The zero-order valence-electron chi connectivity index (χ0n) is 16.0. The standard InChI is InChI=1S/C22H21N5O2/c1-16(17-8-4-2-5-9-17)12-23-20(28)14-26-15-24-21-19(22(26)29)13-25-27(21)18-10-6-3-7-11-18/h2-11,13,15-16H,12,14H2,1H3,(H,23,28)/t16-/m1/s1. The van der Waals surface area contributed by atoms with Crippen LogP contribution in [0.15, 0.2) is 78.0 Å². The van der Waals surface area contributed by atoms with Crippen LogP contribution in [0.4, 0.5) is 0 Å². The molecule has 4 aromatic rings. The maximum Gasteiger partial charge on any atom is 0.264 e. The molecule has 1 atom stereocenters. The Morgan fingerprint density at radius 2 is 1.76 bits per heavy atom. The van der Waals surface area contributed by atoms with E-state index in [-0.39, 0.29) is 23.9 Å². The van der Waals surface area contributed by atoms with Gasteiger partial charge in [0.1, 0.15) is 18.3 Å². The van der Waals surface area contributed by atoms with Crippen LogP contribution in [0.3, 0.4) is 0 Å². The van der Waals surface area contributed by atoms with Gasteiger partial charge in [0.25, 0.3) is 5.56 Å². The summed E-state index contributed by atoms with van der Waals surface area (Å²) in [5.41, 5.74) is 2.15. The van der Waals surface area contributed by atoms with E-state index in [1.165, 1.54) is 17.1 Å². The summed E-state index contributed by atoms with van der Waals surface area (Å²) in [4.78, 5) is 29.5. The highest BCUT2D eigenvalue weighted by Crippen LogP contribution is 2.14. The fourth-order valence-corrected chi connectivity index (χ4v) is 3.20. The van der Waals surface area contributed by atoms with Gasteiger partial charge in [0.2, 0.25) is 5.91 Å². The Balaban J connectivity index is 1.48. The molecular formula is C22H21N5O2. The molecule has 0 aliphatic heterocycles. The summed E-state index contributed by atoms with van der Waals surface area (Å²) in [6.07, 6.45) is 2.88. The Labute approximate surface area is 167 Å². The number of para-hydroxylation sites is 1. The van der Waals surface area contributed by atoms with Gasteiger partial charge in [0, 0.05) is 6.54 Å². The fraction of sp³-hybridized carbons (Fsp3) is 0.182. The van der Waals surface area contributed by atoms with E-state index in [4.69, 9.17) is 0 Å². The summed E-state index contributed by atoms with van der Waals surface area (Å²) in [6.45, 7) is 2.46. The highest BCUT2D eigenvalue weighted by atomic mass is 16.2. The van der Waals surface area contributed by atoms with Gasteiger partial charge in [-0.05, 0) is 23.6 Å². The zero-order chi connectivity index (χ0) is 20.2. The largest absolute Gasteiger partial charge is 0.354 e. The van der Waals surface area contributed by atoms with Crippen LogP contribution < -0.4 is 10.9 Å². The first-order valence-corrected chi connectivity index (χ1v) is 9.43. The molecule has 0 fully saturated rings. The topological polar surface area (TPSA) is 81.8 Å². The van der Waals surface area contributed by atoms with E-state index in [2.05, 4.69) is 15.4 Å². The van der Waals surface area contributed by atoms with E-state index >= 15 is 0 Å². The van der Waals surface area contributed by atoms with Crippen molar-refractivity contribution in [1.82, 2.24) is 24.6 Å². The van der Waals surface area contributed by atoms with Gasteiger partial charge in [-0.2, -0.15) is 5.10 Å². The molecule has 2 aromatic heterocycles. The van der Waals surface area contributed by atoms with E-state index in [0.717, 1.165) is 11.3 Å². The van der Waals surface area contributed by atoms with Crippen LogP contribution in [0.5, 0.6) is 0 Å². The molecule has 1 amide bonds. The van der Waals surface area contributed by atoms with Crippen molar-refractivity contribution >= 4 is 16.9 Å². The highest BCUT2D eigenvalue weighted by molar-refractivity contribution is 5.77. The summed E-state index contributed by atoms with van der Waals surface area (Å²) < 4.78 is 2.92. The van der Waals surface area contributed by atoms with Crippen molar-refractivity contribution in [3.05, 3.63) is 89.1 Å². The molecule has 29 heavy (non-hydrogen) atoms. The summed E-state index contributed by atoms with van der Waals surface area (Å²) in [5, 5.41) is 7.55. The minimum absolute atomic E-state index is 0.0835. The van der Waals surface area contributed by atoms with Gasteiger partial charge >= 0.3 is 0 Å². The molecule has 0 bridgehead atoms. The first-order valence-electron chi connectivity index (χ1n) is 9.43. The second kappa shape index (κ2) is 8.10. The quantitative estimate of drug-likeness (QED) is 0.551. The summed E-state index contributed by atoms with van der Waals surface area (Å²) >= 11 is 0. The number of nitrogens with zero attached hydrogens (tertiary/aromatic N) is 4. The minimum atomic E-state index is -0.288. The van der Waals surface area contributed by atoms with Crippen LogP contribution >= 0.6 is 0 Å². The lowest BCUT2D eigenvalue weighted by molar-refractivity contribution is -0.121. The summed E-state index contributed by atoms with van der Waals surface area (Å²) in [6, 6.07) is 19.5. The summed E-state index contributed by atoms with van der Waals surface area (Å²) in [7, 11) is 0. The van der Waals surface area contributed by atoms with Gasteiger partial charge in [-0.15, -0.1) is 0 Å². The molecule has 7 nitrogen and oxygen atoms in total. The smallest absolute Gasteiger partial charge is 0.264 e. The number of hydrogen-bond acceptors (Lipinski definition) is 4. The van der Waals surface area contributed by atoms with Gasteiger partial charge in [-0.1, -0.05) is 55.5 Å². The number of benzene rings is 2. The van der Waals surface area contributed by atoms with Crippen molar-refractivity contribution in [3.63, 3.8) is 0 Å². The van der Waals surface area contributed by atoms with Crippen molar-refractivity contribution in [2.24, 2.45) is 0 Å². The Hall–Kier alpha value is -3.74. The lowest BCUT2D eigenvalue weighted by Gasteiger charge is -2.13. The average Bonchev–Trinajstić information content (AvgIpc) is 3.20. The molecule has 7 heteroatoms. The third-order valence-corrected chi connectivity index (χ3v) is 4.84.